The maximum absolute atomic E-state index is 11.2. The van der Waals surface area contributed by atoms with E-state index in [0.717, 1.165) is 6.42 Å². The molecule has 1 aromatic heterocycles. The molecule has 0 saturated carbocycles. The third kappa shape index (κ3) is 1.24. The lowest BCUT2D eigenvalue weighted by Gasteiger charge is -1.98. The Morgan fingerprint density at radius 2 is 2.46 bits per heavy atom. The van der Waals surface area contributed by atoms with Crippen LogP contribution >= 0.6 is 0 Å². The highest BCUT2D eigenvalue weighted by molar-refractivity contribution is 5.87. The number of carbonyl (C=O) groups excluding carboxylic acids is 1. The van der Waals surface area contributed by atoms with E-state index in [9.17, 15) is 4.79 Å². The Balaban J connectivity index is 2.34. The van der Waals surface area contributed by atoms with E-state index in [1.54, 1.807) is 0 Å². The van der Waals surface area contributed by atoms with Gasteiger partial charge in [0.2, 0.25) is 0 Å². The van der Waals surface area contributed by atoms with Crippen molar-refractivity contribution in [1.29, 1.82) is 0 Å². The second-order valence-corrected chi connectivity index (χ2v) is 3.55. The first-order chi connectivity index (χ1) is 6.22. The fraction of sp³-hybridized carbons (Fsp3) is 0.500. The molecule has 0 bridgehead atoms. The van der Waals surface area contributed by atoms with Crippen LogP contribution in [0.15, 0.2) is 6.07 Å². The number of hydrogen-bond donors (Lipinski definition) is 1. The van der Waals surface area contributed by atoms with Crippen molar-refractivity contribution in [2.45, 2.75) is 25.7 Å². The largest absolute Gasteiger partial charge is 0.464 e. The van der Waals surface area contributed by atoms with Crippen molar-refractivity contribution < 1.29 is 9.53 Å². The summed E-state index contributed by atoms with van der Waals surface area (Å²) >= 11 is 0. The molecular formula is C10H13NO2. The number of rotatable bonds is 1. The standard InChI is InChI=1S/C10H13NO2/c1-6-3-4-8-7(6)5-9(11-8)10(12)13-2/h5-6,11H,3-4H2,1-2H3. The predicted octanol–water partition coefficient (Wildman–Crippen LogP) is 1.85. The molecule has 0 spiro atoms. The maximum atomic E-state index is 11.2. The minimum absolute atomic E-state index is 0.276. The van der Waals surface area contributed by atoms with Gasteiger partial charge >= 0.3 is 5.97 Å². The number of methoxy groups -OCH3 is 1. The third-order valence-corrected chi connectivity index (χ3v) is 2.70. The van der Waals surface area contributed by atoms with Crippen LogP contribution in [0, 0.1) is 0 Å². The first kappa shape index (κ1) is 8.35. The van der Waals surface area contributed by atoms with Crippen LogP contribution in [0.1, 0.15) is 41.0 Å². The first-order valence-corrected chi connectivity index (χ1v) is 4.52. The molecule has 2 rings (SSSR count). The molecular weight excluding hydrogens is 166 g/mol. The lowest BCUT2D eigenvalue weighted by Crippen LogP contribution is -2.01. The van der Waals surface area contributed by atoms with Crippen molar-refractivity contribution in [1.82, 2.24) is 4.98 Å². The van der Waals surface area contributed by atoms with Crippen LogP contribution in [-0.4, -0.2) is 18.1 Å². The Hall–Kier alpha value is -1.25. The maximum Gasteiger partial charge on any atom is 0.354 e. The van der Waals surface area contributed by atoms with E-state index in [1.807, 2.05) is 6.07 Å². The van der Waals surface area contributed by atoms with Crippen molar-refractivity contribution in [2.24, 2.45) is 0 Å². The number of aromatic nitrogens is 1. The van der Waals surface area contributed by atoms with Crippen LogP contribution in [0.4, 0.5) is 0 Å². The van der Waals surface area contributed by atoms with Gasteiger partial charge in [-0.1, -0.05) is 6.92 Å². The highest BCUT2D eigenvalue weighted by atomic mass is 16.5. The van der Waals surface area contributed by atoms with E-state index in [2.05, 4.69) is 16.6 Å². The fourth-order valence-electron chi connectivity index (χ4n) is 1.90. The average Bonchev–Trinajstić information content (AvgIpc) is 2.67. The van der Waals surface area contributed by atoms with Gasteiger partial charge < -0.3 is 9.72 Å². The lowest BCUT2D eigenvalue weighted by atomic mass is 10.1. The molecule has 1 N–H and O–H groups in total. The Bertz CT molecular complexity index is 341. The molecule has 0 aliphatic heterocycles. The highest BCUT2D eigenvalue weighted by Gasteiger charge is 2.23. The summed E-state index contributed by atoms with van der Waals surface area (Å²) in [4.78, 5) is 14.3. The number of fused-ring (bicyclic) bond motifs is 1. The highest BCUT2D eigenvalue weighted by Crippen LogP contribution is 2.32. The number of hydrogen-bond acceptors (Lipinski definition) is 2. The molecule has 70 valence electrons. The topological polar surface area (TPSA) is 42.1 Å². The van der Waals surface area contributed by atoms with Crippen LogP contribution in [0.3, 0.4) is 0 Å². The molecule has 1 aromatic rings. The van der Waals surface area contributed by atoms with Crippen LogP contribution in [-0.2, 0) is 11.2 Å². The summed E-state index contributed by atoms with van der Waals surface area (Å²) in [7, 11) is 1.40. The number of aromatic amines is 1. The van der Waals surface area contributed by atoms with E-state index < -0.39 is 0 Å². The number of H-pyrrole nitrogens is 1. The summed E-state index contributed by atoms with van der Waals surface area (Å²) in [5.74, 6) is 0.297. The molecule has 3 nitrogen and oxygen atoms in total. The van der Waals surface area contributed by atoms with E-state index in [-0.39, 0.29) is 5.97 Å². The van der Waals surface area contributed by atoms with E-state index in [1.165, 1.54) is 24.8 Å². The minimum Gasteiger partial charge on any atom is -0.464 e. The number of carbonyl (C=O) groups is 1. The van der Waals surface area contributed by atoms with Gasteiger partial charge in [-0.15, -0.1) is 0 Å². The van der Waals surface area contributed by atoms with Gasteiger partial charge in [-0.2, -0.15) is 0 Å². The van der Waals surface area contributed by atoms with Gasteiger partial charge in [0.25, 0.3) is 0 Å². The molecule has 1 atom stereocenters. The average molecular weight is 179 g/mol. The van der Waals surface area contributed by atoms with Crippen LogP contribution in [0.2, 0.25) is 0 Å². The normalized spacial score (nSPS) is 20.0. The van der Waals surface area contributed by atoms with E-state index in [4.69, 9.17) is 0 Å². The number of ether oxygens (including phenoxy) is 1. The zero-order valence-corrected chi connectivity index (χ0v) is 7.89. The van der Waals surface area contributed by atoms with Crippen LogP contribution < -0.4 is 0 Å². The Labute approximate surface area is 77.1 Å². The van der Waals surface area contributed by atoms with Gasteiger partial charge in [0.15, 0.2) is 0 Å². The summed E-state index contributed by atoms with van der Waals surface area (Å²) in [5.41, 5.74) is 3.06. The first-order valence-electron chi connectivity index (χ1n) is 4.52. The molecule has 0 radical (unpaired) electrons. The summed E-state index contributed by atoms with van der Waals surface area (Å²) < 4.78 is 4.64. The quantitative estimate of drug-likeness (QED) is 0.668. The van der Waals surface area contributed by atoms with Gasteiger partial charge in [-0.3, -0.25) is 0 Å². The zero-order chi connectivity index (χ0) is 9.42. The summed E-state index contributed by atoms with van der Waals surface area (Å²) in [6.07, 6.45) is 2.23. The summed E-state index contributed by atoms with van der Waals surface area (Å²) in [5, 5.41) is 0. The summed E-state index contributed by atoms with van der Waals surface area (Å²) in [6, 6.07) is 1.92. The molecule has 1 heterocycles. The SMILES string of the molecule is COC(=O)c1cc2c([nH]1)CCC2C. The van der Waals surface area contributed by atoms with E-state index in [0.29, 0.717) is 11.6 Å². The van der Waals surface area contributed by atoms with Crippen LogP contribution in [0.25, 0.3) is 0 Å². The Morgan fingerprint density at radius 3 is 3.08 bits per heavy atom. The predicted molar refractivity (Wildman–Crippen MR) is 48.9 cm³/mol. The van der Waals surface area contributed by atoms with Crippen molar-refractivity contribution in [2.75, 3.05) is 7.11 Å². The second kappa shape index (κ2) is 2.91. The van der Waals surface area contributed by atoms with E-state index >= 15 is 0 Å². The van der Waals surface area contributed by atoms with Crippen molar-refractivity contribution in [3.63, 3.8) is 0 Å². The Kier molecular flexibility index (Phi) is 1.87. The molecule has 1 aliphatic carbocycles. The molecule has 0 saturated heterocycles. The second-order valence-electron chi connectivity index (χ2n) is 3.55. The monoisotopic (exact) mass is 179 g/mol. The summed E-state index contributed by atoms with van der Waals surface area (Å²) in [6.45, 7) is 2.18. The van der Waals surface area contributed by atoms with Crippen LogP contribution in [0.5, 0.6) is 0 Å². The molecule has 1 unspecified atom stereocenters. The van der Waals surface area contributed by atoms with Gasteiger partial charge in [0.05, 0.1) is 7.11 Å². The van der Waals surface area contributed by atoms with Crippen molar-refractivity contribution >= 4 is 5.97 Å². The van der Waals surface area contributed by atoms with Gasteiger partial charge in [0.1, 0.15) is 5.69 Å². The van der Waals surface area contributed by atoms with Gasteiger partial charge in [-0.05, 0) is 30.4 Å². The minimum atomic E-state index is -0.276. The Morgan fingerprint density at radius 1 is 1.69 bits per heavy atom. The number of aryl methyl sites for hydroxylation is 1. The van der Waals surface area contributed by atoms with Crippen molar-refractivity contribution in [3.8, 4) is 0 Å². The molecule has 13 heavy (non-hydrogen) atoms. The zero-order valence-electron chi connectivity index (χ0n) is 7.89. The van der Waals surface area contributed by atoms with Crippen molar-refractivity contribution in [3.05, 3.63) is 23.0 Å². The molecule has 1 aliphatic rings. The molecule has 3 heteroatoms. The molecule has 0 aromatic carbocycles. The smallest absolute Gasteiger partial charge is 0.354 e. The number of nitrogens with one attached hydrogen (secondary N) is 1. The van der Waals surface area contributed by atoms with Gasteiger partial charge in [0, 0.05) is 5.69 Å². The fourth-order valence-corrected chi connectivity index (χ4v) is 1.90. The molecule has 0 amide bonds. The molecule has 0 fully saturated rings. The lowest BCUT2D eigenvalue weighted by molar-refractivity contribution is 0.0594. The van der Waals surface area contributed by atoms with Gasteiger partial charge in [-0.25, -0.2) is 4.79 Å². The third-order valence-electron chi connectivity index (χ3n) is 2.70. The number of esters is 1.